The van der Waals surface area contributed by atoms with Crippen LogP contribution in [0.4, 0.5) is 0 Å². The Hall–Kier alpha value is -1.33. The maximum atomic E-state index is 12.2. The summed E-state index contributed by atoms with van der Waals surface area (Å²) in [6.07, 6.45) is 3.41. The van der Waals surface area contributed by atoms with Crippen molar-refractivity contribution in [3.05, 3.63) is 28.8 Å². The van der Waals surface area contributed by atoms with E-state index < -0.39 is 11.4 Å². The summed E-state index contributed by atoms with van der Waals surface area (Å²) in [4.78, 5) is 12.5. The zero-order chi connectivity index (χ0) is 14.0. The molecular formula is C13H15ClN2O2S. The van der Waals surface area contributed by atoms with Crippen molar-refractivity contribution < 1.29 is 9.90 Å². The molecule has 1 aromatic rings. The fourth-order valence-corrected chi connectivity index (χ4v) is 2.81. The Morgan fingerprint density at radius 2 is 2.05 bits per heavy atom. The second-order valence-electron chi connectivity index (χ2n) is 4.77. The van der Waals surface area contributed by atoms with Crippen molar-refractivity contribution in [1.29, 1.82) is 0 Å². The highest BCUT2D eigenvalue weighted by Crippen LogP contribution is 2.31. The number of carbonyl (C=O) groups excluding carboxylic acids is 1. The van der Waals surface area contributed by atoms with Crippen LogP contribution in [-0.2, 0) is 0 Å². The number of amides is 1. The number of thiocarbonyl (C=S) groups is 1. The van der Waals surface area contributed by atoms with Crippen LogP contribution in [0.5, 0.6) is 5.75 Å². The average molecular weight is 299 g/mol. The molecule has 2 rings (SSSR count). The van der Waals surface area contributed by atoms with Gasteiger partial charge in [0.25, 0.3) is 5.91 Å². The fourth-order valence-electron chi connectivity index (χ4n) is 2.39. The Bertz CT molecular complexity index is 527. The Kier molecular flexibility index (Phi) is 3.96. The number of rotatable bonds is 3. The van der Waals surface area contributed by atoms with Crippen LogP contribution in [0.25, 0.3) is 0 Å². The molecule has 4 nitrogen and oxygen atoms in total. The van der Waals surface area contributed by atoms with Gasteiger partial charge in [-0.15, -0.1) is 0 Å². The van der Waals surface area contributed by atoms with Gasteiger partial charge in [-0.1, -0.05) is 36.7 Å². The van der Waals surface area contributed by atoms with Gasteiger partial charge in [0.1, 0.15) is 5.75 Å². The van der Waals surface area contributed by atoms with Crippen LogP contribution < -0.4 is 11.1 Å². The third-order valence-corrected chi connectivity index (χ3v) is 4.11. The summed E-state index contributed by atoms with van der Waals surface area (Å²) < 4.78 is 0. The van der Waals surface area contributed by atoms with Crippen LogP contribution in [0.3, 0.4) is 0 Å². The van der Waals surface area contributed by atoms with Crippen molar-refractivity contribution in [1.82, 2.24) is 5.32 Å². The van der Waals surface area contributed by atoms with Crippen molar-refractivity contribution >= 4 is 34.7 Å². The third-order valence-electron chi connectivity index (χ3n) is 3.48. The van der Waals surface area contributed by atoms with Crippen LogP contribution in [0.15, 0.2) is 18.2 Å². The normalized spacial score (nSPS) is 17.1. The predicted molar refractivity (Wildman–Crippen MR) is 78.6 cm³/mol. The molecule has 6 heteroatoms. The minimum Gasteiger partial charge on any atom is -0.507 e. The molecule has 19 heavy (non-hydrogen) atoms. The molecule has 102 valence electrons. The molecule has 0 aromatic heterocycles. The van der Waals surface area contributed by atoms with Gasteiger partial charge in [0.05, 0.1) is 16.1 Å². The molecule has 1 aliphatic rings. The highest BCUT2D eigenvalue weighted by Gasteiger charge is 2.38. The molecule has 1 aromatic carbocycles. The van der Waals surface area contributed by atoms with Gasteiger partial charge in [-0.05, 0) is 31.0 Å². The molecule has 0 heterocycles. The summed E-state index contributed by atoms with van der Waals surface area (Å²) in [5.41, 5.74) is 5.25. The number of benzene rings is 1. The lowest BCUT2D eigenvalue weighted by molar-refractivity contribution is 0.0922. The summed E-state index contributed by atoms with van der Waals surface area (Å²) in [6.45, 7) is 0. The molecule has 0 radical (unpaired) electrons. The highest BCUT2D eigenvalue weighted by molar-refractivity contribution is 7.80. The lowest BCUT2D eigenvalue weighted by Gasteiger charge is -2.29. The fraction of sp³-hybridized carbons (Fsp3) is 0.385. The number of nitrogens with one attached hydrogen (secondary N) is 1. The number of nitrogens with two attached hydrogens (primary N) is 1. The Morgan fingerprint density at radius 1 is 1.42 bits per heavy atom. The van der Waals surface area contributed by atoms with Gasteiger partial charge in [0, 0.05) is 5.02 Å². The minimum atomic E-state index is -0.638. The third kappa shape index (κ3) is 2.82. The second kappa shape index (κ2) is 5.35. The number of hydrogen-bond acceptors (Lipinski definition) is 3. The number of halogens is 1. The number of phenolic OH excluding ortho intramolecular Hbond substituents is 1. The molecule has 0 bridgehead atoms. The molecule has 0 unspecified atom stereocenters. The summed E-state index contributed by atoms with van der Waals surface area (Å²) in [5, 5.41) is 13.0. The van der Waals surface area contributed by atoms with E-state index in [1.54, 1.807) is 0 Å². The monoisotopic (exact) mass is 298 g/mol. The van der Waals surface area contributed by atoms with E-state index in [2.05, 4.69) is 5.32 Å². The van der Waals surface area contributed by atoms with Gasteiger partial charge in [0.2, 0.25) is 0 Å². The molecule has 4 N–H and O–H groups in total. The minimum absolute atomic E-state index is 0.113. The standard InChI is InChI=1S/C13H15ClN2O2S/c14-8-3-4-10(17)9(7-8)11(18)16-13(12(15)19)5-1-2-6-13/h3-4,7,17H,1-2,5-6H2,(H2,15,19)(H,16,18). The van der Waals surface area contributed by atoms with Crippen LogP contribution in [0, 0.1) is 0 Å². The lowest BCUT2D eigenvalue weighted by atomic mass is 9.97. The number of hydrogen-bond donors (Lipinski definition) is 3. The summed E-state index contributed by atoms with van der Waals surface area (Å²) in [6, 6.07) is 4.33. The first-order chi connectivity index (χ1) is 8.94. The van der Waals surface area contributed by atoms with Gasteiger partial charge >= 0.3 is 0 Å². The van der Waals surface area contributed by atoms with Gasteiger partial charge < -0.3 is 16.2 Å². The smallest absolute Gasteiger partial charge is 0.255 e. The molecule has 0 saturated heterocycles. The Labute approximate surface area is 121 Å². The summed E-state index contributed by atoms with van der Waals surface area (Å²) >= 11 is 10.9. The van der Waals surface area contributed by atoms with Crippen LogP contribution in [-0.4, -0.2) is 21.5 Å². The van der Waals surface area contributed by atoms with Crippen LogP contribution in [0.2, 0.25) is 5.02 Å². The number of aromatic hydroxyl groups is 1. The molecular weight excluding hydrogens is 284 g/mol. The maximum absolute atomic E-state index is 12.2. The first-order valence-corrected chi connectivity index (χ1v) is 6.84. The first-order valence-electron chi connectivity index (χ1n) is 6.05. The molecule has 0 spiro atoms. The Morgan fingerprint density at radius 3 is 2.63 bits per heavy atom. The molecule has 1 amide bonds. The van der Waals surface area contributed by atoms with E-state index in [-0.39, 0.29) is 11.3 Å². The summed E-state index contributed by atoms with van der Waals surface area (Å²) in [5.74, 6) is -0.521. The maximum Gasteiger partial charge on any atom is 0.255 e. The van der Waals surface area contributed by atoms with E-state index in [4.69, 9.17) is 29.6 Å². The van der Waals surface area contributed by atoms with Crippen molar-refractivity contribution in [2.24, 2.45) is 5.73 Å². The number of phenols is 1. The average Bonchev–Trinajstić information content (AvgIpc) is 2.82. The largest absolute Gasteiger partial charge is 0.507 e. The molecule has 1 aliphatic carbocycles. The molecule has 1 fully saturated rings. The van der Waals surface area contributed by atoms with E-state index in [9.17, 15) is 9.90 Å². The van der Waals surface area contributed by atoms with Gasteiger partial charge in [0.15, 0.2) is 0 Å². The van der Waals surface area contributed by atoms with E-state index in [0.29, 0.717) is 10.0 Å². The van der Waals surface area contributed by atoms with E-state index in [0.717, 1.165) is 25.7 Å². The van der Waals surface area contributed by atoms with E-state index >= 15 is 0 Å². The van der Waals surface area contributed by atoms with E-state index in [1.807, 2.05) is 0 Å². The van der Waals surface area contributed by atoms with Crippen molar-refractivity contribution in [3.63, 3.8) is 0 Å². The second-order valence-corrected chi connectivity index (χ2v) is 5.65. The first kappa shape index (κ1) is 14.1. The van der Waals surface area contributed by atoms with Crippen LogP contribution >= 0.6 is 23.8 Å². The van der Waals surface area contributed by atoms with Gasteiger partial charge in [-0.2, -0.15) is 0 Å². The lowest BCUT2D eigenvalue weighted by Crippen LogP contribution is -2.54. The Balaban J connectivity index is 2.25. The van der Waals surface area contributed by atoms with Crippen molar-refractivity contribution in [2.45, 2.75) is 31.2 Å². The topological polar surface area (TPSA) is 75.3 Å². The zero-order valence-corrected chi connectivity index (χ0v) is 11.9. The molecule has 0 atom stereocenters. The zero-order valence-electron chi connectivity index (χ0n) is 10.3. The number of carbonyl (C=O) groups is 1. The summed E-state index contributed by atoms with van der Waals surface area (Å²) in [7, 11) is 0. The van der Waals surface area contributed by atoms with Crippen molar-refractivity contribution in [3.8, 4) is 5.75 Å². The highest BCUT2D eigenvalue weighted by atomic mass is 35.5. The van der Waals surface area contributed by atoms with Gasteiger partial charge in [-0.3, -0.25) is 4.79 Å². The van der Waals surface area contributed by atoms with E-state index in [1.165, 1.54) is 18.2 Å². The quantitative estimate of drug-likeness (QED) is 0.749. The van der Waals surface area contributed by atoms with Gasteiger partial charge in [-0.25, -0.2) is 0 Å². The SMILES string of the molecule is NC(=S)C1(NC(=O)c2cc(Cl)ccc2O)CCCC1. The molecule has 0 aliphatic heterocycles. The van der Waals surface area contributed by atoms with Crippen LogP contribution in [0.1, 0.15) is 36.0 Å². The van der Waals surface area contributed by atoms with Crippen molar-refractivity contribution in [2.75, 3.05) is 0 Å². The predicted octanol–water partition coefficient (Wildman–Crippen LogP) is 2.37. The molecule has 1 saturated carbocycles.